The van der Waals surface area contributed by atoms with Crippen molar-refractivity contribution in [3.8, 4) is 11.1 Å². The van der Waals surface area contributed by atoms with Crippen molar-refractivity contribution in [1.29, 1.82) is 0 Å². The molecule has 3 aromatic carbocycles. The zero-order chi connectivity index (χ0) is 34.3. The zero-order valence-electron chi connectivity index (χ0n) is 27.7. The molecule has 1 saturated carbocycles. The second kappa shape index (κ2) is 18.3. The second-order valence-corrected chi connectivity index (χ2v) is 11.2. The van der Waals surface area contributed by atoms with Crippen LogP contribution in [0.1, 0.15) is 73.0 Å². The molecule has 1 atom stereocenters. The quantitative estimate of drug-likeness (QED) is 0.0343. The van der Waals surface area contributed by atoms with Crippen molar-refractivity contribution < 1.29 is 28.5 Å². The van der Waals surface area contributed by atoms with Crippen LogP contribution in [0.3, 0.4) is 0 Å². The Labute approximate surface area is 282 Å². The first-order valence-corrected chi connectivity index (χ1v) is 16.1. The Balaban J connectivity index is 1.54. The van der Waals surface area contributed by atoms with Gasteiger partial charge in [-0.2, -0.15) is 10.6 Å². The van der Waals surface area contributed by atoms with Gasteiger partial charge in [0, 0.05) is 20.2 Å². The summed E-state index contributed by atoms with van der Waals surface area (Å²) in [4.78, 5) is 27.8. The van der Waals surface area contributed by atoms with Crippen LogP contribution in [0.15, 0.2) is 90.9 Å². The van der Waals surface area contributed by atoms with Gasteiger partial charge >= 0.3 is 12.1 Å². The van der Waals surface area contributed by atoms with Gasteiger partial charge in [0.15, 0.2) is 5.88 Å². The topological polar surface area (TPSA) is 123 Å². The Bertz CT molecular complexity index is 1550. The molecule has 0 heterocycles. The van der Waals surface area contributed by atoms with Crippen molar-refractivity contribution in [1.82, 2.24) is 16.5 Å². The lowest BCUT2D eigenvalue weighted by Gasteiger charge is -2.30. The van der Waals surface area contributed by atoms with Crippen LogP contribution in [0.25, 0.3) is 17.2 Å². The largest absolute Gasteiger partial charge is 0.511 e. The van der Waals surface area contributed by atoms with Gasteiger partial charge in [-0.1, -0.05) is 79.7 Å². The number of ether oxygens (including phenoxy) is 4. The molecule has 11 heteroatoms. The minimum absolute atomic E-state index is 0.177. The highest BCUT2D eigenvalue weighted by molar-refractivity contribution is 5.98. The van der Waals surface area contributed by atoms with Gasteiger partial charge in [0.25, 0.3) is 0 Å². The van der Waals surface area contributed by atoms with E-state index in [9.17, 15) is 9.59 Å². The summed E-state index contributed by atoms with van der Waals surface area (Å²) in [6.45, 7) is 16.1. The van der Waals surface area contributed by atoms with Gasteiger partial charge in [0.1, 0.15) is 6.10 Å². The van der Waals surface area contributed by atoms with E-state index in [0.29, 0.717) is 36.8 Å². The number of nitrogens with zero attached hydrogens (tertiary/aromatic N) is 2. The first kappa shape index (κ1) is 35.7. The van der Waals surface area contributed by atoms with E-state index in [1.807, 2.05) is 60.4 Å². The summed E-state index contributed by atoms with van der Waals surface area (Å²) < 4.78 is 22.1. The van der Waals surface area contributed by atoms with Crippen LogP contribution >= 0.6 is 0 Å². The molecular formula is C37H45N5O6. The number of hydrogen-bond donors (Lipinski definition) is 3. The Morgan fingerprint density at radius 3 is 2.48 bits per heavy atom. The average molecular weight is 656 g/mol. The number of anilines is 1. The summed E-state index contributed by atoms with van der Waals surface area (Å²) in [5.41, 5.74) is 13.9. The van der Waals surface area contributed by atoms with Gasteiger partial charge in [0.05, 0.1) is 24.4 Å². The third kappa shape index (κ3) is 9.93. The smallest absolute Gasteiger partial charge is 0.480 e. The fourth-order valence-corrected chi connectivity index (χ4v) is 5.60. The molecule has 254 valence electrons. The Morgan fingerprint density at radius 1 is 1.02 bits per heavy atom. The molecule has 3 aromatic rings. The highest BCUT2D eigenvalue weighted by atomic mass is 16.8. The summed E-state index contributed by atoms with van der Waals surface area (Å²) in [7, 11) is 0. The predicted molar refractivity (Wildman–Crippen MR) is 187 cm³/mol. The molecule has 1 aliphatic rings. The monoisotopic (exact) mass is 655 g/mol. The predicted octanol–water partition coefficient (Wildman–Crippen LogP) is 7.21. The van der Waals surface area contributed by atoms with Crippen LogP contribution in [0, 0.1) is 0 Å². The minimum atomic E-state index is -1.17. The number of hydrazone groups is 1. The van der Waals surface area contributed by atoms with Gasteiger partial charge in [0.2, 0.25) is 6.29 Å². The molecular weight excluding hydrogens is 610 g/mol. The number of carbonyl (C=O) groups is 2. The van der Waals surface area contributed by atoms with Gasteiger partial charge in [-0.25, -0.2) is 20.5 Å². The molecule has 0 aromatic heterocycles. The summed E-state index contributed by atoms with van der Waals surface area (Å²) in [5, 5.41) is 3.55. The molecule has 11 nitrogen and oxygen atoms in total. The second-order valence-electron chi connectivity index (χ2n) is 11.2. The van der Waals surface area contributed by atoms with Crippen LogP contribution < -0.4 is 21.4 Å². The molecule has 48 heavy (non-hydrogen) atoms. The lowest BCUT2D eigenvalue weighted by Crippen LogP contribution is -2.39. The standard InChI is InChI=1S/C37H45N5O6/c1-6-29-15-13-19-34(36(43)46-27(4)47-37(44)48-32-16-9-8-10-17-32)35(29)42(26(3)45-7-2)25-28-20-22-30(23-21-28)33-18-12-11-14-31(33)24-39-41-40-38-5/h6,11-15,18-23,27,32,39-41H,1,3,5,7-10,16-17,24-25H2,2,4H3. The van der Waals surface area contributed by atoms with E-state index >= 15 is 0 Å². The Kier molecular flexibility index (Phi) is 13.6. The lowest BCUT2D eigenvalue weighted by atomic mass is 9.98. The zero-order valence-corrected chi connectivity index (χ0v) is 27.7. The molecule has 0 radical (unpaired) electrons. The fraction of sp³-hybridized carbons (Fsp3) is 0.324. The first-order valence-electron chi connectivity index (χ1n) is 16.1. The molecule has 4 rings (SSSR count). The van der Waals surface area contributed by atoms with Crippen molar-refractivity contribution in [2.75, 3.05) is 11.5 Å². The van der Waals surface area contributed by atoms with Crippen LogP contribution in [0.4, 0.5) is 10.5 Å². The third-order valence-corrected chi connectivity index (χ3v) is 7.86. The minimum Gasteiger partial charge on any atom is -0.480 e. The van der Waals surface area contributed by atoms with Crippen molar-refractivity contribution in [2.45, 2.75) is 71.4 Å². The highest BCUT2D eigenvalue weighted by Gasteiger charge is 2.26. The SMILES string of the molecule is C=Cc1cccc(C(=O)OC(C)OC(=O)OC2CCCCC2)c1N(Cc1ccc(-c2ccccc2CNNNN=C)cc1)C(=C)OCC. The lowest BCUT2D eigenvalue weighted by molar-refractivity contribution is -0.0914. The normalized spacial score (nSPS) is 13.5. The molecule has 1 aliphatic carbocycles. The number of para-hydroxylation sites is 1. The molecule has 0 bridgehead atoms. The molecule has 0 amide bonds. The number of benzene rings is 3. The van der Waals surface area contributed by atoms with E-state index in [1.165, 1.54) is 6.92 Å². The number of hydrogen-bond acceptors (Lipinski definition) is 11. The summed E-state index contributed by atoms with van der Waals surface area (Å²) in [6, 6.07) is 21.5. The number of carbonyl (C=O) groups excluding carboxylic acids is 2. The third-order valence-electron chi connectivity index (χ3n) is 7.86. The van der Waals surface area contributed by atoms with Gasteiger partial charge in [-0.15, -0.1) is 0 Å². The highest BCUT2D eigenvalue weighted by Crippen LogP contribution is 2.33. The number of rotatable bonds is 17. The van der Waals surface area contributed by atoms with Gasteiger partial charge < -0.3 is 23.8 Å². The summed E-state index contributed by atoms with van der Waals surface area (Å²) in [5.74, 6) is -0.341. The number of esters is 1. The number of hydrazine groups is 2. The van der Waals surface area contributed by atoms with Gasteiger partial charge in [-0.05, 0) is 73.1 Å². The van der Waals surface area contributed by atoms with Crippen LogP contribution in [-0.4, -0.2) is 37.8 Å². The Morgan fingerprint density at radius 2 is 1.77 bits per heavy atom. The molecule has 1 fully saturated rings. The van der Waals surface area contributed by atoms with Crippen molar-refractivity contribution in [3.63, 3.8) is 0 Å². The molecule has 0 spiro atoms. The van der Waals surface area contributed by atoms with E-state index < -0.39 is 18.4 Å². The van der Waals surface area contributed by atoms with E-state index in [-0.39, 0.29) is 11.7 Å². The molecule has 3 N–H and O–H groups in total. The van der Waals surface area contributed by atoms with Crippen LogP contribution in [0.5, 0.6) is 0 Å². The first-order chi connectivity index (χ1) is 23.3. The van der Waals surface area contributed by atoms with Crippen molar-refractivity contribution in [2.24, 2.45) is 5.10 Å². The van der Waals surface area contributed by atoms with E-state index in [4.69, 9.17) is 18.9 Å². The molecule has 0 aliphatic heterocycles. The van der Waals surface area contributed by atoms with E-state index in [0.717, 1.165) is 54.4 Å². The van der Waals surface area contributed by atoms with Crippen LogP contribution in [-0.2, 0) is 32.0 Å². The molecule has 1 unspecified atom stereocenters. The summed E-state index contributed by atoms with van der Waals surface area (Å²) in [6.07, 6.45) is 4.21. The average Bonchev–Trinajstić information content (AvgIpc) is 3.09. The maximum Gasteiger partial charge on any atom is 0.511 e. The Hall–Kier alpha value is -5.13. The van der Waals surface area contributed by atoms with Crippen LogP contribution in [0.2, 0.25) is 0 Å². The van der Waals surface area contributed by atoms with E-state index in [2.05, 4.69) is 47.5 Å². The maximum absolute atomic E-state index is 13.6. The molecule has 0 saturated heterocycles. The van der Waals surface area contributed by atoms with Crippen molar-refractivity contribution >= 4 is 30.6 Å². The fourth-order valence-electron chi connectivity index (χ4n) is 5.60. The van der Waals surface area contributed by atoms with Crippen molar-refractivity contribution in [3.05, 3.63) is 108 Å². The number of nitrogens with one attached hydrogen (secondary N) is 3. The van der Waals surface area contributed by atoms with E-state index in [1.54, 1.807) is 18.2 Å². The maximum atomic E-state index is 13.6. The van der Waals surface area contributed by atoms with Gasteiger partial charge in [-0.3, -0.25) is 0 Å². The summed E-state index contributed by atoms with van der Waals surface area (Å²) >= 11 is 0.